The number of nitrogens with one attached hydrogen (secondary N) is 2. The summed E-state index contributed by atoms with van der Waals surface area (Å²) in [5.74, 6) is -0.505. The second-order valence-corrected chi connectivity index (χ2v) is 7.43. The van der Waals surface area contributed by atoms with Gasteiger partial charge in [-0.3, -0.25) is 4.79 Å². The molecule has 4 N–H and O–H groups in total. The van der Waals surface area contributed by atoms with Gasteiger partial charge in [-0.15, -0.1) is 0 Å². The van der Waals surface area contributed by atoms with Crippen LogP contribution in [0.3, 0.4) is 0 Å². The van der Waals surface area contributed by atoms with Crippen LogP contribution in [0, 0.1) is 0 Å². The number of carbonyl (C=O) groups excluding carboxylic acids is 1. The lowest BCUT2D eigenvalue weighted by molar-refractivity contribution is -0.00177. The fourth-order valence-electron chi connectivity index (χ4n) is 2.77. The predicted octanol–water partition coefficient (Wildman–Crippen LogP) is 2.29. The number of carbonyl (C=O) groups is 1. The van der Waals surface area contributed by atoms with E-state index in [1.807, 2.05) is 0 Å². The van der Waals surface area contributed by atoms with Crippen molar-refractivity contribution in [2.24, 2.45) is 0 Å². The molecule has 1 fully saturated rings. The van der Waals surface area contributed by atoms with Crippen LogP contribution in [0.5, 0.6) is 0 Å². The van der Waals surface area contributed by atoms with Gasteiger partial charge in [0.25, 0.3) is 5.91 Å². The quantitative estimate of drug-likeness (QED) is 0.574. The molecule has 0 spiro atoms. The first-order valence-electron chi connectivity index (χ1n) is 8.41. The Hall–Kier alpha value is -1.44. The molecule has 0 radical (unpaired) electrons. The number of hydrogen-bond acceptors (Lipinski definition) is 5. The molecule has 1 aliphatic carbocycles. The number of aromatic nitrogens is 1. The molecule has 0 bridgehead atoms. The molecule has 3 atom stereocenters. The highest BCUT2D eigenvalue weighted by Crippen LogP contribution is 2.25. The number of hydrogen-bond donors (Lipinski definition) is 4. The fraction of sp³-hybridized carbons (Fsp3) is 0.647. The van der Waals surface area contributed by atoms with E-state index in [2.05, 4.69) is 15.6 Å². The minimum atomic E-state index is -1.60. The zero-order valence-electron chi connectivity index (χ0n) is 14.4. The summed E-state index contributed by atoms with van der Waals surface area (Å²) < 4.78 is 13.8. The first kappa shape index (κ1) is 19.9. The van der Waals surface area contributed by atoms with Crippen molar-refractivity contribution in [2.45, 2.75) is 63.4 Å². The Bertz CT molecular complexity index is 609. The molecular weight excluding hydrogens is 349 g/mol. The summed E-state index contributed by atoms with van der Waals surface area (Å²) in [4.78, 5) is 16.3. The number of aliphatic hydroxyl groups excluding tert-OH is 1. The van der Waals surface area contributed by atoms with E-state index in [9.17, 15) is 19.4 Å². The number of anilines is 1. The highest BCUT2D eigenvalue weighted by molar-refractivity contribution is 6.29. The maximum atomic E-state index is 13.8. The maximum absolute atomic E-state index is 13.8. The van der Waals surface area contributed by atoms with Gasteiger partial charge in [0, 0.05) is 12.2 Å². The molecule has 8 heteroatoms. The van der Waals surface area contributed by atoms with Crippen LogP contribution in [0.4, 0.5) is 10.1 Å². The molecule has 1 aliphatic rings. The molecule has 1 unspecified atom stereocenters. The molecule has 1 amide bonds. The van der Waals surface area contributed by atoms with Crippen LogP contribution in [0.25, 0.3) is 0 Å². The standard InChI is InChI=1S/C17H25ClFN3O3/c1-17(2,25)14(19)9-21-16(24)12-8-20-15(18)7-13(12)22-10-4-3-5-11(23)6-10/h7-8,10-11,14,23,25H,3-6,9H2,1-2H3,(H,20,22)(H,21,24)/t10-,11+,14?/m0/s1. The van der Waals surface area contributed by atoms with Crippen molar-refractivity contribution in [2.75, 3.05) is 11.9 Å². The Balaban J connectivity index is 2.08. The van der Waals surface area contributed by atoms with Crippen LogP contribution in [-0.2, 0) is 0 Å². The third kappa shape index (κ3) is 5.80. The van der Waals surface area contributed by atoms with Crippen molar-refractivity contribution >= 4 is 23.2 Å². The van der Waals surface area contributed by atoms with Gasteiger partial charge in [0.1, 0.15) is 11.3 Å². The lowest BCUT2D eigenvalue weighted by Gasteiger charge is -2.28. The minimum Gasteiger partial charge on any atom is -0.393 e. The predicted molar refractivity (Wildman–Crippen MR) is 94.7 cm³/mol. The van der Waals surface area contributed by atoms with Crippen molar-refractivity contribution in [3.05, 3.63) is 23.0 Å². The van der Waals surface area contributed by atoms with Crippen LogP contribution in [0.2, 0.25) is 5.15 Å². The number of halogens is 2. The van der Waals surface area contributed by atoms with Crippen LogP contribution >= 0.6 is 11.6 Å². The zero-order chi connectivity index (χ0) is 18.6. The summed E-state index contributed by atoms with van der Waals surface area (Å²) in [6.45, 7) is 2.37. The number of amides is 1. The zero-order valence-corrected chi connectivity index (χ0v) is 15.2. The molecule has 1 aromatic heterocycles. The second-order valence-electron chi connectivity index (χ2n) is 7.05. The first-order chi connectivity index (χ1) is 11.7. The number of rotatable bonds is 6. The van der Waals surface area contributed by atoms with Crippen molar-refractivity contribution < 1.29 is 19.4 Å². The van der Waals surface area contributed by atoms with Gasteiger partial charge in [-0.05, 0) is 45.6 Å². The van der Waals surface area contributed by atoms with Crippen molar-refractivity contribution in [1.29, 1.82) is 0 Å². The monoisotopic (exact) mass is 373 g/mol. The van der Waals surface area contributed by atoms with E-state index in [4.69, 9.17) is 11.6 Å². The Morgan fingerprint density at radius 2 is 2.24 bits per heavy atom. The molecule has 0 aromatic carbocycles. The van der Waals surface area contributed by atoms with E-state index in [0.717, 1.165) is 19.3 Å². The first-order valence-corrected chi connectivity index (χ1v) is 8.79. The lowest BCUT2D eigenvalue weighted by atomic mass is 9.92. The SMILES string of the molecule is CC(C)(O)C(F)CNC(=O)c1cnc(Cl)cc1N[C@H]1CCC[C@@H](O)C1. The Kier molecular flexibility index (Phi) is 6.59. The van der Waals surface area contributed by atoms with Crippen molar-refractivity contribution in [1.82, 2.24) is 10.3 Å². The molecule has 1 aromatic rings. The molecule has 25 heavy (non-hydrogen) atoms. The van der Waals surface area contributed by atoms with Crippen molar-refractivity contribution in [3.63, 3.8) is 0 Å². The summed E-state index contributed by atoms with van der Waals surface area (Å²) in [7, 11) is 0. The van der Waals surface area contributed by atoms with Crippen LogP contribution in [0.1, 0.15) is 49.9 Å². The number of aliphatic hydroxyl groups is 2. The topological polar surface area (TPSA) is 94.5 Å². The van der Waals surface area contributed by atoms with Gasteiger partial charge in [-0.2, -0.15) is 0 Å². The van der Waals surface area contributed by atoms with Gasteiger partial charge in [0.05, 0.1) is 29.5 Å². The van der Waals surface area contributed by atoms with E-state index in [1.54, 1.807) is 6.07 Å². The number of alkyl halides is 1. The van der Waals surface area contributed by atoms with Gasteiger partial charge >= 0.3 is 0 Å². The van der Waals surface area contributed by atoms with E-state index in [1.165, 1.54) is 20.0 Å². The third-order valence-electron chi connectivity index (χ3n) is 4.33. The number of pyridine rings is 1. The van der Waals surface area contributed by atoms with Gasteiger partial charge in [0.15, 0.2) is 0 Å². The molecule has 6 nitrogen and oxygen atoms in total. The molecular formula is C17H25ClFN3O3. The Labute approximate surface area is 151 Å². The average Bonchev–Trinajstić information content (AvgIpc) is 2.51. The Morgan fingerprint density at radius 3 is 2.88 bits per heavy atom. The Morgan fingerprint density at radius 1 is 1.52 bits per heavy atom. The van der Waals surface area contributed by atoms with E-state index in [-0.39, 0.29) is 29.4 Å². The molecule has 0 saturated heterocycles. The summed E-state index contributed by atoms with van der Waals surface area (Å²) in [5.41, 5.74) is -0.798. The van der Waals surface area contributed by atoms with Crippen LogP contribution < -0.4 is 10.6 Å². The van der Waals surface area contributed by atoms with Crippen LogP contribution in [-0.4, -0.2) is 51.6 Å². The van der Waals surface area contributed by atoms with E-state index >= 15 is 0 Å². The third-order valence-corrected chi connectivity index (χ3v) is 4.54. The highest BCUT2D eigenvalue weighted by Gasteiger charge is 2.27. The van der Waals surface area contributed by atoms with E-state index in [0.29, 0.717) is 12.1 Å². The summed E-state index contributed by atoms with van der Waals surface area (Å²) >= 11 is 5.93. The lowest BCUT2D eigenvalue weighted by Crippen LogP contribution is -2.42. The summed E-state index contributed by atoms with van der Waals surface area (Å²) in [5, 5.41) is 25.3. The average molecular weight is 374 g/mol. The molecule has 1 heterocycles. The van der Waals surface area contributed by atoms with Crippen LogP contribution in [0.15, 0.2) is 12.3 Å². The molecule has 1 saturated carbocycles. The largest absolute Gasteiger partial charge is 0.393 e. The summed E-state index contributed by atoms with van der Waals surface area (Å²) in [6.07, 6.45) is 2.51. The molecule has 2 rings (SSSR count). The molecule has 140 valence electrons. The highest BCUT2D eigenvalue weighted by atomic mass is 35.5. The number of nitrogens with zero attached hydrogens (tertiary/aromatic N) is 1. The smallest absolute Gasteiger partial charge is 0.255 e. The minimum absolute atomic E-state index is 0.0269. The van der Waals surface area contributed by atoms with Gasteiger partial charge < -0.3 is 20.8 Å². The normalized spacial score (nSPS) is 22.3. The maximum Gasteiger partial charge on any atom is 0.255 e. The van der Waals surface area contributed by atoms with Gasteiger partial charge in [-0.1, -0.05) is 11.6 Å². The molecule has 0 aliphatic heterocycles. The second kappa shape index (κ2) is 8.29. The summed E-state index contributed by atoms with van der Waals surface area (Å²) in [6, 6.07) is 1.57. The fourth-order valence-corrected chi connectivity index (χ4v) is 2.93. The van der Waals surface area contributed by atoms with Crippen molar-refractivity contribution in [3.8, 4) is 0 Å². The van der Waals surface area contributed by atoms with Gasteiger partial charge in [-0.25, -0.2) is 9.37 Å². The van der Waals surface area contributed by atoms with E-state index < -0.39 is 17.7 Å². The van der Waals surface area contributed by atoms with Gasteiger partial charge in [0.2, 0.25) is 0 Å².